The minimum atomic E-state index is -0.952. The van der Waals surface area contributed by atoms with Crippen LogP contribution >= 0.6 is 0 Å². The van der Waals surface area contributed by atoms with Crippen molar-refractivity contribution < 1.29 is 9.90 Å². The van der Waals surface area contributed by atoms with E-state index >= 15 is 0 Å². The van der Waals surface area contributed by atoms with E-state index in [0.29, 0.717) is 5.56 Å². The average Bonchev–Trinajstić information content (AvgIpc) is 2.56. The third-order valence-electron chi connectivity index (χ3n) is 3.22. The lowest BCUT2D eigenvalue weighted by atomic mass is 9.96. The molecule has 0 spiro atoms. The van der Waals surface area contributed by atoms with Gasteiger partial charge in [0.2, 0.25) is 0 Å². The molecule has 0 atom stereocenters. The van der Waals surface area contributed by atoms with Gasteiger partial charge in [0.05, 0.1) is 5.56 Å². The van der Waals surface area contributed by atoms with Gasteiger partial charge in [-0.05, 0) is 35.4 Å². The van der Waals surface area contributed by atoms with Crippen molar-refractivity contribution in [1.29, 1.82) is 0 Å². The molecule has 4 heteroatoms. The molecule has 2 heterocycles. The van der Waals surface area contributed by atoms with Gasteiger partial charge in [-0.2, -0.15) is 0 Å². The molecule has 3 aromatic rings. The van der Waals surface area contributed by atoms with Gasteiger partial charge in [-0.1, -0.05) is 18.2 Å². The maximum Gasteiger partial charge on any atom is 0.336 e. The van der Waals surface area contributed by atoms with Gasteiger partial charge in [-0.15, -0.1) is 0 Å². The highest BCUT2D eigenvalue weighted by Crippen LogP contribution is 2.29. The first-order valence-electron chi connectivity index (χ1n) is 6.44. The fourth-order valence-corrected chi connectivity index (χ4v) is 2.20. The molecule has 0 amide bonds. The zero-order valence-corrected chi connectivity index (χ0v) is 11.1. The zero-order valence-electron chi connectivity index (χ0n) is 11.1. The van der Waals surface area contributed by atoms with Gasteiger partial charge < -0.3 is 5.11 Å². The summed E-state index contributed by atoms with van der Waals surface area (Å²) in [6.07, 6.45) is 6.78. The topological polar surface area (TPSA) is 63.1 Å². The van der Waals surface area contributed by atoms with Crippen molar-refractivity contribution in [3.05, 3.63) is 72.8 Å². The summed E-state index contributed by atoms with van der Waals surface area (Å²) in [5, 5.41) is 9.36. The molecular formula is C17H12N2O2. The minimum absolute atomic E-state index is 0.260. The van der Waals surface area contributed by atoms with Crippen molar-refractivity contribution in [2.24, 2.45) is 0 Å². The summed E-state index contributed by atoms with van der Waals surface area (Å²) < 4.78 is 0. The lowest BCUT2D eigenvalue weighted by molar-refractivity contribution is 0.0698. The Bertz CT molecular complexity index is 771. The van der Waals surface area contributed by atoms with E-state index in [0.717, 1.165) is 16.7 Å². The summed E-state index contributed by atoms with van der Waals surface area (Å²) in [7, 11) is 0. The van der Waals surface area contributed by atoms with Crippen LogP contribution in [0.1, 0.15) is 10.4 Å². The maximum absolute atomic E-state index is 11.4. The molecule has 1 aromatic carbocycles. The predicted octanol–water partition coefficient (Wildman–Crippen LogP) is 3.51. The van der Waals surface area contributed by atoms with Crippen LogP contribution in [0.5, 0.6) is 0 Å². The van der Waals surface area contributed by atoms with Crippen LogP contribution in [0.3, 0.4) is 0 Å². The number of hydrogen-bond acceptors (Lipinski definition) is 3. The van der Waals surface area contributed by atoms with Crippen molar-refractivity contribution >= 4 is 5.97 Å². The summed E-state index contributed by atoms with van der Waals surface area (Å²) >= 11 is 0. The van der Waals surface area contributed by atoms with Gasteiger partial charge in [0, 0.05) is 35.9 Å². The van der Waals surface area contributed by atoms with Gasteiger partial charge in [0.25, 0.3) is 0 Å². The molecule has 0 aliphatic carbocycles. The molecule has 102 valence electrons. The molecule has 0 unspecified atom stereocenters. The average molecular weight is 276 g/mol. The smallest absolute Gasteiger partial charge is 0.336 e. The number of aromatic nitrogens is 2. The SMILES string of the molecule is O=C(O)c1ccc(-c2cccnc2)cc1-c1cccnc1. The monoisotopic (exact) mass is 276 g/mol. The van der Waals surface area contributed by atoms with Gasteiger partial charge in [0.15, 0.2) is 0 Å². The second kappa shape index (κ2) is 5.54. The first kappa shape index (κ1) is 13.0. The van der Waals surface area contributed by atoms with Crippen molar-refractivity contribution in [3.8, 4) is 22.3 Å². The van der Waals surface area contributed by atoms with E-state index in [9.17, 15) is 9.90 Å². The third-order valence-corrected chi connectivity index (χ3v) is 3.22. The summed E-state index contributed by atoms with van der Waals surface area (Å²) in [5.41, 5.74) is 3.56. The summed E-state index contributed by atoms with van der Waals surface area (Å²) in [6, 6.07) is 12.7. The van der Waals surface area contributed by atoms with E-state index < -0.39 is 5.97 Å². The van der Waals surface area contributed by atoms with Crippen LogP contribution in [-0.2, 0) is 0 Å². The van der Waals surface area contributed by atoms with E-state index in [1.165, 1.54) is 0 Å². The minimum Gasteiger partial charge on any atom is -0.478 e. The number of aromatic carboxylic acids is 1. The van der Waals surface area contributed by atoms with E-state index in [-0.39, 0.29) is 5.56 Å². The van der Waals surface area contributed by atoms with Gasteiger partial charge in [0.1, 0.15) is 0 Å². The fourth-order valence-electron chi connectivity index (χ4n) is 2.20. The number of carbonyl (C=O) groups is 1. The van der Waals surface area contributed by atoms with Crippen molar-refractivity contribution in [2.75, 3.05) is 0 Å². The Balaban J connectivity index is 2.18. The van der Waals surface area contributed by atoms with E-state index in [4.69, 9.17) is 0 Å². The Morgan fingerprint density at radius 2 is 1.52 bits per heavy atom. The Morgan fingerprint density at radius 3 is 2.10 bits per heavy atom. The quantitative estimate of drug-likeness (QED) is 0.795. The number of carboxylic acid groups (broad SMARTS) is 1. The number of benzene rings is 1. The first-order chi connectivity index (χ1) is 10.3. The second-order valence-electron chi connectivity index (χ2n) is 4.55. The molecule has 3 rings (SSSR count). The second-order valence-corrected chi connectivity index (χ2v) is 4.55. The maximum atomic E-state index is 11.4. The van der Waals surface area contributed by atoms with Crippen LogP contribution in [0.2, 0.25) is 0 Å². The van der Waals surface area contributed by atoms with E-state index in [1.807, 2.05) is 24.3 Å². The van der Waals surface area contributed by atoms with Gasteiger partial charge in [-0.25, -0.2) is 4.79 Å². The lowest BCUT2D eigenvalue weighted by Gasteiger charge is -2.09. The van der Waals surface area contributed by atoms with Crippen LogP contribution < -0.4 is 0 Å². The highest BCUT2D eigenvalue weighted by molar-refractivity contribution is 5.97. The molecule has 1 N–H and O–H groups in total. The Hall–Kier alpha value is -3.01. The van der Waals surface area contributed by atoms with Crippen LogP contribution in [0.4, 0.5) is 0 Å². The Kier molecular flexibility index (Phi) is 3.43. The summed E-state index contributed by atoms with van der Waals surface area (Å²) in [4.78, 5) is 19.6. The molecule has 0 aliphatic rings. The first-order valence-corrected chi connectivity index (χ1v) is 6.44. The molecule has 4 nitrogen and oxygen atoms in total. The van der Waals surface area contributed by atoms with E-state index in [1.54, 1.807) is 43.0 Å². The van der Waals surface area contributed by atoms with Crippen molar-refractivity contribution in [3.63, 3.8) is 0 Å². The predicted molar refractivity (Wildman–Crippen MR) is 79.9 cm³/mol. The molecule has 0 bridgehead atoms. The summed E-state index contributed by atoms with van der Waals surface area (Å²) in [6.45, 7) is 0. The molecule has 0 fully saturated rings. The zero-order chi connectivity index (χ0) is 14.7. The number of nitrogens with zero attached hydrogens (tertiary/aromatic N) is 2. The largest absolute Gasteiger partial charge is 0.478 e. The number of hydrogen-bond donors (Lipinski definition) is 1. The Labute approximate surface area is 121 Å². The molecular weight excluding hydrogens is 264 g/mol. The molecule has 0 radical (unpaired) electrons. The molecule has 21 heavy (non-hydrogen) atoms. The molecule has 0 aliphatic heterocycles. The molecule has 0 saturated heterocycles. The molecule has 0 saturated carbocycles. The number of rotatable bonds is 3. The standard InChI is InChI=1S/C17H12N2O2/c20-17(21)15-6-5-12(13-3-1-7-18-10-13)9-16(15)14-4-2-8-19-11-14/h1-11H,(H,20,21). The van der Waals surface area contributed by atoms with Crippen LogP contribution in [-0.4, -0.2) is 21.0 Å². The summed E-state index contributed by atoms with van der Waals surface area (Å²) in [5.74, 6) is -0.952. The van der Waals surface area contributed by atoms with Gasteiger partial charge >= 0.3 is 5.97 Å². The fraction of sp³-hybridized carbons (Fsp3) is 0. The van der Waals surface area contributed by atoms with Crippen LogP contribution in [0.15, 0.2) is 67.3 Å². The highest BCUT2D eigenvalue weighted by atomic mass is 16.4. The van der Waals surface area contributed by atoms with Crippen molar-refractivity contribution in [1.82, 2.24) is 9.97 Å². The van der Waals surface area contributed by atoms with Gasteiger partial charge in [-0.3, -0.25) is 9.97 Å². The third kappa shape index (κ3) is 2.65. The number of pyridine rings is 2. The lowest BCUT2D eigenvalue weighted by Crippen LogP contribution is -2.00. The molecule has 2 aromatic heterocycles. The van der Waals surface area contributed by atoms with Crippen LogP contribution in [0.25, 0.3) is 22.3 Å². The highest BCUT2D eigenvalue weighted by Gasteiger charge is 2.13. The normalized spacial score (nSPS) is 10.3. The van der Waals surface area contributed by atoms with Crippen LogP contribution in [0, 0.1) is 0 Å². The van der Waals surface area contributed by atoms with Crippen molar-refractivity contribution in [2.45, 2.75) is 0 Å². The Morgan fingerprint density at radius 1 is 0.857 bits per heavy atom. The number of carboxylic acids is 1. The van der Waals surface area contributed by atoms with E-state index in [2.05, 4.69) is 9.97 Å².